The average molecular weight is 311 g/mol. The Kier molecular flexibility index (Phi) is 3.81. The fourth-order valence-electron chi connectivity index (χ4n) is 2.72. The van der Waals surface area contributed by atoms with Gasteiger partial charge in [0, 0.05) is 6.42 Å². The van der Waals surface area contributed by atoms with Crippen molar-refractivity contribution in [1.82, 2.24) is 0 Å². The van der Waals surface area contributed by atoms with E-state index in [4.69, 9.17) is 4.74 Å². The van der Waals surface area contributed by atoms with Gasteiger partial charge in [-0.3, -0.25) is 4.79 Å². The van der Waals surface area contributed by atoms with Gasteiger partial charge in [-0.25, -0.2) is 0 Å². The van der Waals surface area contributed by atoms with Crippen molar-refractivity contribution in [1.29, 1.82) is 0 Å². The maximum atomic E-state index is 11.9. The molecule has 1 unspecified atom stereocenters. The van der Waals surface area contributed by atoms with Crippen molar-refractivity contribution in [2.75, 3.05) is 0 Å². The van der Waals surface area contributed by atoms with Crippen LogP contribution in [0.1, 0.15) is 38.7 Å². The van der Waals surface area contributed by atoms with Crippen molar-refractivity contribution in [3.8, 4) is 5.75 Å². The molecule has 1 aliphatic carbocycles. The molecular formula is C15H19BrO2. The molecular weight excluding hydrogens is 292 g/mol. The zero-order valence-corrected chi connectivity index (χ0v) is 12.7. The smallest absolute Gasteiger partial charge is 0.146 e. The van der Waals surface area contributed by atoms with Crippen LogP contribution in [0.2, 0.25) is 0 Å². The standard InChI is InChI=1S/C15H19BrO2/c1-4-15(5-2)13(17)9-14(15)18-12-7-6-10(3)8-11(12)16/h6-8,14H,4-5,9H2,1-3H3. The Morgan fingerprint density at radius 1 is 1.39 bits per heavy atom. The molecule has 1 aromatic carbocycles. The van der Waals surface area contributed by atoms with Gasteiger partial charge in [0.25, 0.3) is 0 Å². The zero-order valence-electron chi connectivity index (χ0n) is 11.1. The SMILES string of the molecule is CCC1(CC)C(=O)CC1Oc1ccc(C)cc1Br. The summed E-state index contributed by atoms with van der Waals surface area (Å²) in [5.74, 6) is 1.19. The molecule has 0 N–H and O–H groups in total. The quantitative estimate of drug-likeness (QED) is 0.829. The maximum Gasteiger partial charge on any atom is 0.146 e. The number of Topliss-reactive ketones (excluding diaryl/α,β-unsaturated/α-hetero) is 1. The van der Waals surface area contributed by atoms with E-state index in [1.54, 1.807) is 0 Å². The number of ketones is 1. The molecule has 18 heavy (non-hydrogen) atoms. The van der Waals surface area contributed by atoms with Gasteiger partial charge in [0.2, 0.25) is 0 Å². The number of carbonyl (C=O) groups is 1. The molecule has 98 valence electrons. The van der Waals surface area contributed by atoms with Crippen LogP contribution in [-0.4, -0.2) is 11.9 Å². The Hall–Kier alpha value is -0.830. The van der Waals surface area contributed by atoms with Crippen LogP contribution < -0.4 is 4.74 Å². The number of aryl methyl sites for hydroxylation is 1. The highest BCUT2D eigenvalue weighted by Gasteiger charge is 2.53. The van der Waals surface area contributed by atoms with Crippen LogP contribution in [-0.2, 0) is 4.79 Å². The molecule has 1 atom stereocenters. The second-order valence-corrected chi connectivity index (χ2v) is 5.89. The van der Waals surface area contributed by atoms with Crippen LogP contribution in [0.25, 0.3) is 0 Å². The van der Waals surface area contributed by atoms with Gasteiger partial charge in [-0.05, 0) is 53.4 Å². The first-order valence-electron chi connectivity index (χ1n) is 6.49. The van der Waals surface area contributed by atoms with Crippen LogP contribution in [0.15, 0.2) is 22.7 Å². The molecule has 0 aliphatic heterocycles. The topological polar surface area (TPSA) is 26.3 Å². The molecule has 1 fully saturated rings. The summed E-state index contributed by atoms with van der Waals surface area (Å²) < 4.78 is 7.00. The van der Waals surface area contributed by atoms with Gasteiger partial charge in [0.15, 0.2) is 0 Å². The van der Waals surface area contributed by atoms with Crippen molar-refractivity contribution >= 4 is 21.7 Å². The first-order valence-corrected chi connectivity index (χ1v) is 7.29. The lowest BCUT2D eigenvalue weighted by molar-refractivity contribution is -0.153. The monoisotopic (exact) mass is 310 g/mol. The number of benzene rings is 1. The van der Waals surface area contributed by atoms with Crippen molar-refractivity contribution in [2.45, 2.75) is 46.1 Å². The predicted octanol–water partition coefficient (Wildman–Crippen LogP) is 4.28. The van der Waals surface area contributed by atoms with E-state index in [1.807, 2.05) is 25.1 Å². The molecule has 1 saturated carbocycles. The second-order valence-electron chi connectivity index (χ2n) is 5.03. The lowest BCUT2D eigenvalue weighted by Crippen LogP contribution is -2.56. The van der Waals surface area contributed by atoms with Crippen molar-refractivity contribution < 1.29 is 9.53 Å². The van der Waals surface area contributed by atoms with Crippen molar-refractivity contribution in [2.24, 2.45) is 5.41 Å². The highest BCUT2D eigenvalue weighted by molar-refractivity contribution is 9.10. The Balaban J connectivity index is 2.17. The highest BCUT2D eigenvalue weighted by atomic mass is 79.9. The van der Waals surface area contributed by atoms with Gasteiger partial charge in [0.1, 0.15) is 17.6 Å². The molecule has 0 amide bonds. The van der Waals surface area contributed by atoms with Crippen LogP contribution >= 0.6 is 15.9 Å². The van der Waals surface area contributed by atoms with Gasteiger partial charge in [0.05, 0.1) is 9.89 Å². The molecule has 1 aromatic rings. The van der Waals surface area contributed by atoms with Crippen molar-refractivity contribution in [3.05, 3.63) is 28.2 Å². The number of hydrogen-bond donors (Lipinski definition) is 0. The Morgan fingerprint density at radius 3 is 2.56 bits per heavy atom. The van der Waals surface area contributed by atoms with Crippen LogP contribution in [0.5, 0.6) is 5.75 Å². The molecule has 3 heteroatoms. The summed E-state index contributed by atoms with van der Waals surface area (Å²) in [5.41, 5.74) is 0.931. The molecule has 0 saturated heterocycles. The third kappa shape index (κ3) is 2.09. The number of halogens is 1. The summed E-state index contributed by atoms with van der Waals surface area (Å²) in [6.45, 7) is 6.19. The van der Waals surface area contributed by atoms with E-state index in [0.717, 1.165) is 23.1 Å². The molecule has 1 aliphatic rings. The largest absolute Gasteiger partial charge is 0.488 e. The summed E-state index contributed by atoms with van der Waals surface area (Å²) in [6, 6.07) is 6.04. The fraction of sp³-hybridized carbons (Fsp3) is 0.533. The Bertz CT molecular complexity index is 464. The molecule has 0 aromatic heterocycles. The molecule has 2 nitrogen and oxygen atoms in total. The fourth-order valence-corrected chi connectivity index (χ4v) is 3.31. The average Bonchev–Trinajstić information content (AvgIpc) is 2.33. The van der Waals surface area contributed by atoms with Gasteiger partial charge in [-0.15, -0.1) is 0 Å². The minimum absolute atomic E-state index is 0.0269. The van der Waals surface area contributed by atoms with Crippen LogP contribution in [0.3, 0.4) is 0 Å². The van der Waals surface area contributed by atoms with Gasteiger partial charge in [-0.2, -0.15) is 0 Å². The third-order valence-electron chi connectivity index (χ3n) is 4.16. The van der Waals surface area contributed by atoms with Crippen molar-refractivity contribution in [3.63, 3.8) is 0 Å². The lowest BCUT2D eigenvalue weighted by atomic mass is 9.61. The first-order chi connectivity index (χ1) is 8.53. The Morgan fingerprint density at radius 2 is 2.06 bits per heavy atom. The van der Waals surface area contributed by atoms with Crippen LogP contribution in [0, 0.1) is 12.3 Å². The van der Waals surface area contributed by atoms with E-state index in [1.165, 1.54) is 5.56 Å². The summed E-state index contributed by atoms with van der Waals surface area (Å²) in [7, 11) is 0. The van der Waals surface area contributed by atoms with Crippen LogP contribution in [0.4, 0.5) is 0 Å². The molecule has 0 heterocycles. The van der Waals surface area contributed by atoms with Gasteiger partial charge >= 0.3 is 0 Å². The summed E-state index contributed by atoms with van der Waals surface area (Å²) in [4.78, 5) is 11.9. The minimum atomic E-state index is -0.260. The molecule has 0 bridgehead atoms. The summed E-state index contributed by atoms with van der Waals surface area (Å²) >= 11 is 3.52. The number of hydrogen-bond acceptors (Lipinski definition) is 2. The van der Waals surface area contributed by atoms with E-state index in [9.17, 15) is 4.79 Å². The molecule has 2 rings (SSSR count). The predicted molar refractivity (Wildman–Crippen MR) is 75.9 cm³/mol. The molecule has 0 radical (unpaired) electrons. The Labute approximate surface area is 117 Å². The highest BCUT2D eigenvalue weighted by Crippen LogP contribution is 2.46. The second kappa shape index (κ2) is 5.04. The number of rotatable bonds is 4. The van der Waals surface area contributed by atoms with E-state index in [-0.39, 0.29) is 11.5 Å². The number of ether oxygens (including phenoxy) is 1. The normalized spacial score (nSPS) is 21.6. The summed E-state index contributed by atoms with van der Waals surface area (Å²) in [5, 5.41) is 0. The van der Waals surface area contributed by atoms with Gasteiger partial charge < -0.3 is 4.74 Å². The zero-order chi connectivity index (χ0) is 13.3. The van der Waals surface area contributed by atoms with E-state index < -0.39 is 0 Å². The minimum Gasteiger partial charge on any atom is -0.488 e. The lowest BCUT2D eigenvalue weighted by Gasteiger charge is -2.46. The van der Waals surface area contributed by atoms with Gasteiger partial charge in [-0.1, -0.05) is 19.9 Å². The number of carbonyl (C=O) groups excluding carboxylic acids is 1. The maximum absolute atomic E-state index is 11.9. The van der Waals surface area contributed by atoms with E-state index in [0.29, 0.717) is 12.2 Å². The molecule has 0 spiro atoms. The van der Waals surface area contributed by atoms with E-state index in [2.05, 4.69) is 29.8 Å². The first kappa shape index (κ1) is 13.6. The van der Waals surface area contributed by atoms with E-state index >= 15 is 0 Å². The summed E-state index contributed by atoms with van der Waals surface area (Å²) in [6.07, 6.45) is 2.29. The third-order valence-corrected chi connectivity index (χ3v) is 4.78.